The van der Waals surface area contributed by atoms with Gasteiger partial charge in [-0.15, -0.1) is 0 Å². The Hall–Kier alpha value is -3.64. The molecule has 0 aromatic heterocycles. The van der Waals surface area contributed by atoms with Crippen molar-refractivity contribution >= 4 is 34.8 Å². The number of nitrogens with two attached hydrogens (primary N) is 1. The topological polar surface area (TPSA) is 93.8 Å². The summed E-state index contributed by atoms with van der Waals surface area (Å²) >= 11 is 6.21. The molecule has 1 atom stereocenters. The van der Waals surface area contributed by atoms with Crippen molar-refractivity contribution in [3.05, 3.63) is 94.0 Å². The third kappa shape index (κ3) is 3.53. The van der Waals surface area contributed by atoms with E-state index >= 15 is 0 Å². The van der Waals surface area contributed by atoms with Crippen molar-refractivity contribution in [3.63, 3.8) is 0 Å². The van der Waals surface area contributed by atoms with Gasteiger partial charge in [-0.3, -0.25) is 14.6 Å². The first-order valence-corrected chi connectivity index (χ1v) is 9.58. The number of benzene rings is 3. The number of primary amides is 1. The van der Waals surface area contributed by atoms with Crippen LogP contribution in [0.25, 0.3) is 0 Å². The molecule has 0 bridgehead atoms. The third-order valence-electron chi connectivity index (χ3n) is 4.85. The molecule has 1 aliphatic rings. The molecule has 1 aliphatic heterocycles. The normalized spacial score (nSPS) is 15.5. The summed E-state index contributed by atoms with van der Waals surface area (Å²) < 4.78 is 5.45. The number of nitrogens with one attached hydrogen (secondary N) is 1. The van der Waals surface area contributed by atoms with E-state index in [1.807, 2.05) is 36.4 Å². The minimum absolute atomic E-state index is 0.184. The number of benzodiazepines with no additional fused rings is 1. The number of fused-ring (bicyclic) bond motifs is 1. The summed E-state index contributed by atoms with van der Waals surface area (Å²) in [6.07, 6.45) is 0. The van der Waals surface area contributed by atoms with Crippen LogP contribution in [-0.4, -0.2) is 24.6 Å². The fraction of sp³-hybridized carbons (Fsp3) is 0.0870. The van der Waals surface area contributed by atoms with Crippen molar-refractivity contribution in [2.24, 2.45) is 10.7 Å². The Morgan fingerprint density at radius 2 is 1.87 bits per heavy atom. The predicted octanol–water partition coefficient (Wildman–Crippen LogP) is 3.98. The Labute approximate surface area is 178 Å². The molecule has 0 saturated heterocycles. The summed E-state index contributed by atoms with van der Waals surface area (Å²) in [5.74, 6) is -0.769. The summed E-state index contributed by atoms with van der Waals surface area (Å²) in [5, 5.41) is 3.48. The number of aliphatic imine (C=N–C) groups is 1. The number of carbonyl (C=O) groups excluding carboxylic acids is 2. The van der Waals surface area contributed by atoms with Crippen LogP contribution in [0.3, 0.4) is 0 Å². The van der Waals surface area contributed by atoms with Crippen molar-refractivity contribution < 1.29 is 14.3 Å². The minimum atomic E-state index is -0.958. The third-order valence-corrected chi connectivity index (χ3v) is 5.09. The van der Waals surface area contributed by atoms with Crippen molar-refractivity contribution in [2.45, 2.75) is 6.04 Å². The fourth-order valence-corrected chi connectivity index (χ4v) is 3.72. The average molecular weight is 420 g/mol. The lowest BCUT2D eigenvalue weighted by Gasteiger charge is -2.17. The van der Waals surface area contributed by atoms with Crippen LogP contribution >= 0.6 is 11.6 Å². The van der Waals surface area contributed by atoms with E-state index in [0.29, 0.717) is 22.0 Å². The maximum atomic E-state index is 13.2. The van der Waals surface area contributed by atoms with Crippen LogP contribution in [0.5, 0.6) is 5.75 Å². The van der Waals surface area contributed by atoms with Gasteiger partial charge in [-0.25, -0.2) is 0 Å². The molecule has 0 fully saturated rings. The molecule has 1 heterocycles. The van der Waals surface area contributed by atoms with Crippen LogP contribution in [0.15, 0.2) is 71.7 Å². The summed E-state index contributed by atoms with van der Waals surface area (Å²) in [5.41, 5.74) is 8.88. The number of ether oxygens (including phenoxy) is 1. The number of amides is 2. The SMILES string of the molecule is COc1c(C(N)=O)cccc1C1N=C(c2cccc(Cl)c2)c2ccccc2NC1=O. The van der Waals surface area contributed by atoms with Crippen molar-refractivity contribution in [1.82, 2.24) is 0 Å². The summed E-state index contributed by atoms with van der Waals surface area (Å²) in [6.45, 7) is 0. The number of carbonyl (C=O) groups is 2. The molecular formula is C23H18ClN3O3. The molecule has 3 N–H and O–H groups in total. The van der Waals surface area contributed by atoms with Gasteiger partial charge in [-0.2, -0.15) is 0 Å². The first-order chi connectivity index (χ1) is 14.5. The molecule has 30 heavy (non-hydrogen) atoms. The fourth-order valence-electron chi connectivity index (χ4n) is 3.53. The van der Waals surface area contributed by atoms with Crippen molar-refractivity contribution in [1.29, 1.82) is 0 Å². The first-order valence-electron chi connectivity index (χ1n) is 9.20. The van der Waals surface area contributed by atoms with E-state index in [-0.39, 0.29) is 17.2 Å². The van der Waals surface area contributed by atoms with Gasteiger partial charge in [0.25, 0.3) is 11.8 Å². The highest BCUT2D eigenvalue weighted by molar-refractivity contribution is 6.31. The average Bonchev–Trinajstić information content (AvgIpc) is 2.89. The zero-order valence-corrected chi connectivity index (χ0v) is 16.8. The number of para-hydroxylation sites is 2. The Balaban J connectivity index is 1.96. The Bertz CT molecular complexity index is 1190. The number of halogens is 1. The summed E-state index contributed by atoms with van der Waals surface area (Å²) in [4.78, 5) is 29.8. The van der Waals surface area contributed by atoms with Gasteiger partial charge in [-0.05, 0) is 24.3 Å². The monoisotopic (exact) mass is 419 g/mol. The molecule has 0 spiro atoms. The van der Waals surface area contributed by atoms with E-state index < -0.39 is 11.9 Å². The number of anilines is 1. The smallest absolute Gasteiger partial charge is 0.253 e. The van der Waals surface area contributed by atoms with E-state index in [2.05, 4.69) is 5.32 Å². The van der Waals surface area contributed by atoms with Crippen LogP contribution in [-0.2, 0) is 4.79 Å². The molecule has 0 aliphatic carbocycles. The predicted molar refractivity (Wildman–Crippen MR) is 116 cm³/mol. The summed E-state index contributed by atoms with van der Waals surface area (Å²) in [6, 6.07) is 18.6. The molecular weight excluding hydrogens is 402 g/mol. The Morgan fingerprint density at radius 3 is 2.60 bits per heavy atom. The molecule has 1 unspecified atom stereocenters. The second kappa shape index (κ2) is 8.00. The number of methoxy groups -OCH3 is 1. The number of nitrogens with zero attached hydrogens (tertiary/aromatic N) is 1. The van der Waals surface area contributed by atoms with E-state index in [0.717, 1.165) is 11.1 Å². The lowest BCUT2D eigenvalue weighted by atomic mass is 9.99. The van der Waals surface area contributed by atoms with E-state index in [1.54, 1.807) is 30.3 Å². The van der Waals surface area contributed by atoms with Gasteiger partial charge in [0.15, 0.2) is 6.04 Å². The highest BCUT2D eigenvalue weighted by Gasteiger charge is 2.30. The van der Waals surface area contributed by atoms with Crippen LogP contribution in [0.4, 0.5) is 5.69 Å². The minimum Gasteiger partial charge on any atom is -0.496 e. The van der Waals surface area contributed by atoms with Crippen LogP contribution in [0.2, 0.25) is 5.02 Å². The van der Waals surface area contributed by atoms with Gasteiger partial charge < -0.3 is 15.8 Å². The molecule has 3 aromatic rings. The van der Waals surface area contributed by atoms with Gasteiger partial charge >= 0.3 is 0 Å². The zero-order chi connectivity index (χ0) is 21.3. The highest BCUT2D eigenvalue weighted by Crippen LogP contribution is 2.35. The molecule has 7 heteroatoms. The van der Waals surface area contributed by atoms with Crippen LogP contribution in [0.1, 0.15) is 33.1 Å². The maximum absolute atomic E-state index is 13.2. The first kappa shape index (κ1) is 19.7. The molecule has 4 rings (SSSR count). The van der Waals surface area contributed by atoms with Gasteiger partial charge in [0.1, 0.15) is 5.75 Å². The van der Waals surface area contributed by atoms with Gasteiger partial charge in [-0.1, -0.05) is 54.1 Å². The largest absolute Gasteiger partial charge is 0.496 e. The number of rotatable bonds is 4. The molecule has 0 radical (unpaired) electrons. The molecule has 150 valence electrons. The van der Waals surface area contributed by atoms with Crippen LogP contribution < -0.4 is 15.8 Å². The zero-order valence-electron chi connectivity index (χ0n) is 16.1. The quantitative estimate of drug-likeness (QED) is 0.669. The number of hydrogen-bond acceptors (Lipinski definition) is 4. The van der Waals surface area contributed by atoms with E-state index in [9.17, 15) is 9.59 Å². The Morgan fingerprint density at radius 1 is 1.10 bits per heavy atom. The highest BCUT2D eigenvalue weighted by atomic mass is 35.5. The van der Waals surface area contributed by atoms with Crippen LogP contribution in [0, 0.1) is 0 Å². The maximum Gasteiger partial charge on any atom is 0.253 e. The molecule has 0 saturated carbocycles. The second-order valence-electron chi connectivity index (χ2n) is 6.72. The standard InChI is InChI=1S/C23H18ClN3O3/c1-30-21-16(9-5-10-17(21)22(25)28)20-23(29)26-18-11-3-2-8-15(18)19(27-20)13-6-4-7-14(24)12-13/h2-12,20H,1H3,(H2,25,28)(H,26,29). The van der Waals surface area contributed by atoms with Crippen molar-refractivity contribution in [3.8, 4) is 5.75 Å². The Kier molecular flexibility index (Phi) is 5.25. The van der Waals surface area contributed by atoms with E-state index in [1.165, 1.54) is 7.11 Å². The summed E-state index contributed by atoms with van der Waals surface area (Å²) in [7, 11) is 1.43. The second-order valence-corrected chi connectivity index (χ2v) is 7.15. The van der Waals surface area contributed by atoms with Crippen molar-refractivity contribution in [2.75, 3.05) is 12.4 Å². The van der Waals surface area contributed by atoms with E-state index in [4.69, 9.17) is 27.1 Å². The lowest BCUT2D eigenvalue weighted by molar-refractivity contribution is -0.117. The lowest BCUT2D eigenvalue weighted by Crippen LogP contribution is -2.21. The molecule has 6 nitrogen and oxygen atoms in total. The number of hydrogen-bond donors (Lipinski definition) is 2. The molecule has 2 amide bonds. The molecule has 3 aromatic carbocycles. The van der Waals surface area contributed by atoms with Gasteiger partial charge in [0.2, 0.25) is 0 Å². The van der Waals surface area contributed by atoms with Gasteiger partial charge in [0.05, 0.1) is 24.1 Å². The van der Waals surface area contributed by atoms with Gasteiger partial charge in [0, 0.05) is 21.7 Å².